The van der Waals surface area contributed by atoms with Gasteiger partial charge in [-0.25, -0.2) is 0 Å². The van der Waals surface area contributed by atoms with Crippen LogP contribution in [-0.4, -0.2) is 30.3 Å². The van der Waals surface area contributed by atoms with Gasteiger partial charge in [0.25, 0.3) is 0 Å². The van der Waals surface area contributed by atoms with Crippen LogP contribution in [0, 0.1) is 0 Å². The highest BCUT2D eigenvalue weighted by atomic mass is 16.5. The van der Waals surface area contributed by atoms with Crippen molar-refractivity contribution in [1.29, 1.82) is 0 Å². The molecule has 4 N–H and O–H groups in total. The summed E-state index contributed by atoms with van der Waals surface area (Å²) in [4.78, 5) is 11.5. The largest absolute Gasteiger partial charge is 0.493 e. The average molecular weight is 252 g/mol. The fourth-order valence-electron chi connectivity index (χ4n) is 1.44. The summed E-state index contributed by atoms with van der Waals surface area (Å²) in [6, 6.07) is 6.89. The summed E-state index contributed by atoms with van der Waals surface area (Å²) in [6.45, 7) is 2.15. The van der Waals surface area contributed by atoms with Gasteiger partial charge in [0.05, 0.1) is 25.7 Å². The Morgan fingerprint density at radius 2 is 2.33 bits per heavy atom. The van der Waals surface area contributed by atoms with Crippen LogP contribution in [0.5, 0.6) is 5.75 Å². The standard InChI is InChI=1S/C13H20N2O3/c1-2-11(9-16)15-13(17)6-7-18-12-5-3-4-10(14)8-12/h3-5,8,11,16H,2,6-7,9,14H2,1H3,(H,15,17)/t11-/m1/s1. The minimum Gasteiger partial charge on any atom is -0.493 e. The number of rotatable bonds is 7. The van der Waals surface area contributed by atoms with Crippen LogP contribution in [0.25, 0.3) is 0 Å². The lowest BCUT2D eigenvalue weighted by Gasteiger charge is -2.14. The van der Waals surface area contributed by atoms with Crippen LogP contribution in [0.4, 0.5) is 5.69 Å². The molecule has 1 amide bonds. The average Bonchev–Trinajstić information content (AvgIpc) is 2.36. The van der Waals surface area contributed by atoms with Crippen molar-refractivity contribution >= 4 is 11.6 Å². The van der Waals surface area contributed by atoms with Gasteiger partial charge in [0.2, 0.25) is 5.91 Å². The lowest BCUT2D eigenvalue weighted by atomic mass is 10.2. The second-order valence-corrected chi connectivity index (χ2v) is 4.03. The van der Waals surface area contributed by atoms with Crippen LogP contribution < -0.4 is 15.8 Å². The Bertz CT molecular complexity index is 378. The number of hydrogen-bond donors (Lipinski definition) is 3. The van der Waals surface area contributed by atoms with E-state index in [1.165, 1.54) is 0 Å². The van der Waals surface area contributed by atoms with Crippen molar-refractivity contribution in [1.82, 2.24) is 5.32 Å². The van der Waals surface area contributed by atoms with Crippen LogP contribution in [0.2, 0.25) is 0 Å². The zero-order chi connectivity index (χ0) is 13.4. The summed E-state index contributed by atoms with van der Waals surface area (Å²) >= 11 is 0. The molecule has 5 nitrogen and oxygen atoms in total. The Morgan fingerprint density at radius 1 is 1.56 bits per heavy atom. The molecule has 0 unspecified atom stereocenters. The van der Waals surface area contributed by atoms with Gasteiger partial charge in [0.1, 0.15) is 5.75 Å². The van der Waals surface area contributed by atoms with E-state index in [2.05, 4.69) is 5.32 Å². The molecule has 0 fully saturated rings. The first-order chi connectivity index (χ1) is 8.65. The number of hydrogen-bond acceptors (Lipinski definition) is 4. The minimum absolute atomic E-state index is 0.0433. The number of aliphatic hydroxyl groups excluding tert-OH is 1. The maximum atomic E-state index is 11.5. The van der Waals surface area contributed by atoms with E-state index < -0.39 is 0 Å². The first kappa shape index (κ1) is 14.3. The third-order valence-electron chi connectivity index (χ3n) is 2.53. The number of carbonyl (C=O) groups is 1. The van der Waals surface area contributed by atoms with E-state index in [0.717, 1.165) is 0 Å². The summed E-state index contributed by atoms with van der Waals surface area (Å²) in [6.07, 6.45) is 0.962. The van der Waals surface area contributed by atoms with Crippen LogP contribution in [0.3, 0.4) is 0 Å². The van der Waals surface area contributed by atoms with E-state index in [9.17, 15) is 4.79 Å². The number of nitrogens with two attached hydrogens (primary N) is 1. The fourth-order valence-corrected chi connectivity index (χ4v) is 1.44. The maximum Gasteiger partial charge on any atom is 0.223 e. The van der Waals surface area contributed by atoms with Gasteiger partial charge in [-0.1, -0.05) is 13.0 Å². The lowest BCUT2D eigenvalue weighted by Crippen LogP contribution is -2.37. The molecule has 0 heterocycles. The summed E-state index contributed by atoms with van der Waals surface area (Å²) in [7, 11) is 0. The summed E-state index contributed by atoms with van der Waals surface area (Å²) in [5.74, 6) is 0.525. The van der Waals surface area contributed by atoms with Gasteiger partial charge in [-0.15, -0.1) is 0 Å². The maximum absolute atomic E-state index is 11.5. The van der Waals surface area contributed by atoms with Crippen LogP contribution in [0.15, 0.2) is 24.3 Å². The molecule has 0 aliphatic rings. The van der Waals surface area contributed by atoms with E-state index in [1.807, 2.05) is 6.92 Å². The first-order valence-corrected chi connectivity index (χ1v) is 6.04. The molecular formula is C13H20N2O3. The Hall–Kier alpha value is -1.75. The molecule has 0 aliphatic heterocycles. The quantitative estimate of drug-likeness (QED) is 0.630. The second-order valence-electron chi connectivity index (χ2n) is 4.03. The summed E-state index contributed by atoms with van der Waals surface area (Å²) in [5.41, 5.74) is 6.23. The van der Waals surface area contributed by atoms with Crippen molar-refractivity contribution in [2.75, 3.05) is 18.9 Å². The third kappa shape index (κ3) is 5.05. The van der Waals surface area contributed by atoms with Crippen molar-refractivity contribution < 1.29 is 14.6 Å². The molecule has 0 aromatic heterocycles. The number of nitrogens with one attached hydrogen (secondary N) is 1. The van der Waals surface area contributed by atoms with Crippen molar-refractivity contribution in [3.63, 3.8) is 0 Å². The summed E-state index contributed by atoms with van der Waals surface area (Å²) < 4.78 is 5.40. The minimum atomic E-state index is -0.176. The normalized spacial score (nSPS) is 11.9. The Kier molecular flexibility index (Phi) is 6.00. The monoisotopic (exact) mass is 252 g/mol. The highest BCUT2D eigenvalue weighted by Gasteiger charge is 2.08. The van der Waals surface area contributed by atoms with Gasteiger partial charge < -0.3 is 20.9 Å². The van der Waals surface area contributed by atoms with Crippen LogP contribution >= 0.6 is 0 Å². The molecule has 18 heavy (non-hydrogen) atoms. The molecule has 1 rings (SSSR count). The van der Waals surface area contributed by atoms with Gasteiger partial charge in [-0.05, 0) is 18.6 Å². The molecule has 1 aromatic carbocycles. The second kappa shape index (κ2) is 7.55. The fraction of sp³-hybridized carbons (Fsp3) is 0.462. The smallest absolute Gasteiger partial charge is 0.223 e. The number of carbonyl (C=O) groups excluding carboxylic acids is 1. The van der Waals surface area contributed by atoms with E-state index in [1.54, 1.807) is 24.3 Å². The van der Waals surface area contributed by atoms with Gasteiger partial charge in [0, 0.05) is 11.8 Å². The van der Waals surface area contributed by atoms with E-state index in [4.69, 9.17) is 15.6 Å². The molecule has 0 saturated heterocycles. The molecule has 0 saturated carbocycles. The Labute approximate surface area is 107 Å². The number of nitrogen functional groups attached to an aromatic ring is 1. The van der Waals surface area contributed by atoms with Gasteiger partial charge >= 0.3 is 0 Å². The van der Waals surface area contributed by atoms with Gasteiger partial charge in [-0.2, -0.15) is 0 Å². The van der Waals surface area contributed by atoms with Gasteiger partial charge in [0.15, 0.2) is 0 Å². The molecular weight excluding hydrogens is 232 g/mol. The molecule has 100 valence electrons. The first-order valence-electron chi connectivity index (χ1n) is 6.04. The molecule has 1 aromatic rings. The van der Waals surface area contributed by atoms with Crippen molar-refractivity contribution in [2.24, 2.45) is 0 Å². The van der Waals surface area contributed by atoms with E-state index in [0.29, 0.717) is 17.9 Å². The number of ether oxygens (including phenoxy) is 1. The molecule has 5 heteroatoms. The molecule has 1 atom stereocenters. The predicted octanol–water partition coefficient (Wildman–Crippen LogP) is 0.925. The van der Waals surface area contributed by atoms with Crippen LogP contribution in [-0.2, 0) is 4.79 Å². The third-order valence-corrected chi connectivity index (χ3v) is 2.53. The molecule has 0 radical (unpaired) electrons. The van der Waals surface area contributed by atoms with Crippen molar-refractivity contribution in [3.8, 4) is 5.75 Å². The zero-order valence-electron chi connectivity index (χ0n) is 10.6. The lowest BCUT2D eigenvalue weighted by molar-refractivity contribution is -0.122. The van der Waals surface area contributed by atoms with Crippen molar-refractivity contribution in [3.05, 3.63) is 24.3 Å². The summed E-state index contributed by atoms with van der Waals surface area (Å²) in [5, 5.41) is 11.7. The number of benzene rings is 1. The van der Waals surface area contributed by atoms with Gasteiger partial charge in [-0.3, -0.25) is 4.79 Å². The molecule has 0 aliphatic carbocycles. The predicted molar refractivity (Wildman–Crippen MR) is 70.3 cm³/mol. The Balaban J connectivity index is 2.27. The highest BCUT2D eigenvalue weighted by Crippen LogP contribution is 2.14. The van der Waals surface area contributed by atoms with Crippen LogP contribution in [0.1, 0.15) is 19.8 Å². The van der Waals surface area contributed by atoms with Crippen molar-refractivity contribution in [2.45, 2.75) is 25.8 Å². The van der Waals surface area contributed by atoms with E-state index in [-0.39, 0.29) is 31.6 Å². The molecule has 0 bridgehead atoms. The number of aliphatic hydroxyl groups is 1. The molecule has 0 spiro atoms. The highest BCUT2D eigenvalue weighted by molar-refractivity contribution is 5.76. The zero-order valence-corrected chi connectivity index (χ0v) is 10.6. The Morgan fingerprint density at radius 3 is 2.94 bits per heavy atom. The SMILES string of the molecule is CC[C@H](CO)NC(=O)CCOc1cccc(N)c1. The van der Waals surface area contributed by atoms with E-state index >= 15 is 0 Å². The number of anilines is 1. The topological polar surface area (TPSA) is 84.6 Å². The number of amides is 1.